The van der Waals surface area contributed by atoms with Crippen molar-refractivity contribution < 1.29 is 13.9 Å². The van der Waals surface area contributed by atoms with Crippen LogP contribution in [0.1, 0.15) is 0 Å². The van der Waals surface area contributed by atoms with Crippen molar-refractivity contribution in [2.75, 3.05) is 12.4 Å². The van der Waals surface area contributed by atoms with E-state index in [4.69, 9.17) is 9.15 Å². The topological polar surface area (TPSA) is 86.4 Å². The van der Waals surface area contributed by atoms with E-state index in [1.54, 1.807) is 31.4 Å². The summed E-state index contributed by atoms with van der Waals surface area (Å²) < 4.78 is 12.5. The first-order valence-corrected chi connectivity index (χ1v) is 8.28. The van der Waals surface area contributed by atoms with E-state index in [1.807, 2.05) is 18.2 Å². The fraction of sp³-hybridized carbons (Fsp3) is 0.118. The van der Waals surface area contributed by atoms with Crippen molar-refractivity contribution >= 4 is 43.7 Å². The van der Waals surface area contributed by atoms with Crippen molar-refractivity contribution in [2.45, 2.75) is 6.54 Å². The second-order valence-electron chi connectivity index (χ2n) is 5.32. The number of rotatable bonds is 4. The van der Waals surface area contributed by atoms with Gasteiger partial charge in [-0.2, -0.15) is 0 Å². The zero-order valence-electron chi connectivity index (χ0n) is 13.2. The summed E-state index contributed by atoms with van der Waals surface area (Å²) in [7, 11) is 1.60. The van der Waals surface area contributed by atoms with Crippen molar-refractivity contribution in [3.8, 4) is 5.75 Å². The number of benzene rings is 2. The molecule has 8 heteroatoms. The van der Waals surface area contributed by atoms with Gasteiger partial charge in [-0.1, -0.05) is 23.5 Å². The summed E-state index contributed by atoms with van der Waals surface area (Å²) in [5.41, 5.74) is 1.80. The van der Waals surface area contributed by atoms with Crippen molar-refractivity contribution in [3.05, 3.63) is 53.0 Å². The summed E-state index contributed by atoms with van der Waals surface area (Å²) in [6.07, 6.45) is 0. The van der Waals surface area contributed by atoms with E-state index >= 15 is 0 Å². The number of carbonyl (C=O) groups excluding carboxylic acids is 1. The Bertz CT molecular complexity index is 1140. The molecule has 7 nitrogen and oxygen atoms in total. The number of fused-ring (bicyclic) bond motifs is 2. The standard InChI is InChI=1S/C17H13N3O4S/c1-23-10-6-7-11-14(8-10)25-16(18-11)19-15(21)9-20-12-4-2-3-5-13(12)24-17(20)22/h2-8H,9H2,1H3,(H,18,19,21). The lowest BCUT2D eigenvalue weighted by Gasteiger charge is -2.02. The minimum absolute atomic E-state index is 0.144. The Hall–Kier alpha value is -3.13. The number of para-hydroxylation sites is 2. The number of carbonyl (C=O) groups is 1. The van der Waals surface area contributed by atoms with E-state index in [9.17, 15) is 9.59 Å². The summed E-state index contributed by atoms with van der Waals surface area (Å²) in [5.74, 6) is -0.185. The van der Waals surface area contributed by atoms with Gasteiger partial charge in [-0.3, -0.25) is 9.36 Å². The molecule has 25 heavy (non-hydrogen) atoms. The highest BCUT2D eigenvalue weighted by molar-refractivity contribution is 7.22. The molecule has 1 amide bonds. The maximum absolute atomic E-state index is 12.3. The van der Waals surface area contributed by atoms with Crippen molar-refractivity contribution in [1.29, 1.82) is 0 Å². The normalized spacial score (nSPS) is 11.1. The van der Waals surface area contributed by atoms with Gasteiger partial charge in [0.05, 0.1) is 22.8 Å². The van der Waals surface area contributed by atoms with Crippen LogP contribution in [-0.2, 0) is 11.3 Å². The number of nitrogens with one attached hydrogen (secondary N) is 1. The summed E-state index contributed by atoms with van der Waals surface area (Å²) >= 11 is 1.34. The third-order valence-electron chi connectivity index (χ3n) is 3.72. The van der Waals surface area contributed by atoms with E-state index in [0.29, 0.717) is 16.2 Å². The second kappa shape index (κ2) is 6.06. The lowest BCUT2D eigenvalue weighted by Crippen LogP contribution is -2.24. The molecule has 0 aliphatic carbocycles. The molecular formula is C17H13N3O4S. The Morgan fingerprint density at radius 2 is 2.16 bits per heavy atom. The molecule has 2 aromatic heterocycles. The summed E-state index contributed by atoms with van der Waals surface area (Å²) in [6.45, 7) is -0.144. The predicted molar refractivity (Wildman–Crippen MR) is 95.3 cm³/mol. The molecule has 0 spiro atoms. The van der Waals surface area contributed by atoms with Gasteiger partial charge in [-0.25, -0.2) is 9.78 Å². The van der Waals surface area contributed by atoms with E-state index < -0.39 is 5.76 Å². The molecule has 126 valence electrons. The number of hydrogen-bond donors (Lipinski definition) is 1. The third kappa shape index (κ3) is 2.87. The van der Waals surface area contributed by atoms with Crippen LogP contribution < -0.4 is 15.8 Å². The molecular weight excluding hydrogens is 342 g/mol. The molecule has 0 radical (unpaired) electrons. The Labute approximate surface area is 145 Å². The smallest absolute Gasteiger partial charge is 0.420 e. The molecule has 0 atom stereocenters. The Morgan fingerprint density at radius 1 is 1.32 bits per heavy atom. The molecule has 0 bridgehead atoms. The highest BCUT2D eigenvalue weighted by atomic mass is 32.1. The largest absolute Gasteiger partial charge is 0.497 e. The summed E-state index contributed by atoms with van der Waals surface area (Å²) in [6, 6.07) is 12.5. The molecule has 4 rings (SSSR count). The predicted octanol–water partition coefficient (Wildman–Crippen LogP) is 2.85. The third-order valence-corrected chi connectivity index (χ3v) is 4.65. The van der Waals surface area contributed by atoms with Crippen molar-refractivity contribution in [3.63, 3.8) is 0 Å². The number of oxazole rings is 1. The van der Waals surface area contributed by atoms with Crippen LogP contribution >= 0.6 is 11.3 Å². The van der Waals surface area contributed by atoms with Crippen molar-refractivity contribution in [2.24, 2.45) is 0 Å². The van der Waals surface area contributed by atoms with Crippen molar-refractivity contribution in [1.82, 2.24) is 9.55 Å². The summed E-state index contributed by atoms with van der Waals surface area (Å²) in [4.78, 5) is 28.6. The minimum atomic E-state index is -0.564. The van der Waals surface area contributed by atoms with E-state index in [2.05, 4.69) is 10.3 Å². The van der Waals surface area contributed by atoms with Crippen LogP contribution in [-0.4, -0.2) is 22.6 Å². The quantitative estimate of drug-likeness (QED) is 0.608. The number of nitrogens with zero attached hydrogens (tertiary/aromatic N) is 2. The molecule has 0 aliphatic heterocycles. The number of methoxy groups -OCH3 is 1. The Balaban J connectivity index is 1.57. The first-order chi connectivity index (χ1) is 12.1. The first-order valence-electron chi connectivity index (χ1n) is 7.47. The molecule has 0 aliphatic rings. The SMILES string of the molecule is COc1ccc2nc(NC(=O)Cn3c(=O)oc4ccccc43)sc2c1. The molecule has 0 fully saturated rings. The lowest BCUT2D eigenvalue weighted by molar-refractivity contribution is -0.116. The van der Waals surface area contributed by atoms with Gasteiger partial charge in [0, 0.05) is 0 Å². The molecule has 4 aromatic rings. The molecule has 2 heterocycles. The number of aromatic nitrogens is 2. The number of ether oxygens (including phenoxy) is 1. The minimum Gasteiger partial charge on any atom is -0.497 e. The van der Waals surface area contributed by atoms with Crippen LogP contribution in [0.3, 0.4) is 0 Å². The maximum Gasteiger partial charge on any atom is 0.420 e. The average Bonchev–Trinajstić information content (AvgIpc) is 3.14. The number of amides is 1. The molecule has 0 saturated carbocycles. The van der Waals surface area contributed by atoms with Gasteiger partial charge in [0.15, 0.2) is 10.7 Å². The first kappa shape index (κ1) is 15.4. The second-order valence-corrected chi connectivity index (χ2v) is 6.35. The van der Waals surface area contributed by atoms with Gasteiger partial charge >= 0.3 is 5.76 Å². The van der Waals surface area contributed by atoms with Crippen LogP contribution in [0.5, 0.6) is 5.75 Å². The fourth-order valence-corrected chi connectivity index (χ4v) is 3.46. The fourth-order valence-electron chi connectivity index (χ4n) is 2.55. The highest BCUT2D eigenvalue weighted by Crippen LogP contribution is 2.29. The average molecular weight is 355 g/mol. The summed E-state index contributed by atoms with van der Waals surface area (Å²) in [5, 5.41) is 3.19. The van der Waals surface area contributed by atoms with Crippen LogP contribution in [0.4, 0.5) is 5.13 Å². The van der Waals surface area contributed by atoms with Crippen LogP contribution in [0.25, 0.3) is 21.3 Å². The van der Waals surface area contributed by atoms with E-state index in [-0.39, 0.29) is 12.5 Å². The number of anilines is 1. The lowest BCUT2D eigenvalue weighted by atomic mass is 10.3. The van der Waals surface area contributed by atoms with Crippen LogP contribution in [0.15, 0.2) is 51.7 Å². The Kier molecular flexibility index (Phi) is 3.73. The molecule has 0 saturated heterocycles. The van der Waals surface area contributed by atoms with Gasteiger partial charge in [0.25, 0.3) is 0 Å². The zero-order valence-corrected chi connectivity index (χ0v) is 14.0. The van der Waals surface area contributed by atoms with Gasteiger partial charge < -0.3 is 14.5 Å². The number of thiazole rings is 1. The number of hydrogen-bond acceptors (Lipinski definition) is 6. The highest BCUT2D eigenvalue weighted by Gasteiger charge is 2.14. The molecule has 2 aromatic carbocycles. The van der Waals surface area contributed by atoms with Gasteiger partial charge in [-0.05, 0) is 30.3 Å². The van der Waals surface area contributed by atoms with Gasteiger partial charge in [-0.15, -0.1) is 0 Å². The Morgan fingerprint density at radius 3 is 3.00 bits per heavy atom. The van der Waals surface area contributed by atoms with E-state index in [1.165, 1.54) is 15.9 Å². The van der Waals surface area contributed by atoms with Gasteiger partial charge in [0.1, 0.15) is 12.3 Å². The van der Waals surface area contributed by atoms with Crippen LogP contribution in [0.2, 0.25) is 0 Å². The maximum atomic E-state index is 12.3. The zero-order chi connectivity index (χ0) is 17.4. The van der Waals surface area contributed by atoms with Crippen LogP contribution in [0, 0.1) is 0 Å². The molecule has 1 N–H and O–H groups in total. The van der Waals surface area contributed by atoms with Gasteiger partial charge in [0.2, 0.25) is 5.91 Å². The monoisotopic (exact) mass is 355 g/mol. The van der Waals surface area contributed by atoms with E-state index in [0.717, 1.165) is 16.0 Å². The molecule has 0 unspecified atom stereocenters.